The number of alkyl halides is 3. The number of hydrogen-bond donors (Lipinski definition) is 0. The number of pyridine rings is 1. The molecule has 5 nitrogen and oxygen atoms in total. The minimum Gasteiger partial charge on any atom is -0.390 e. The van der Waals surface area contributed by atoms with Gasteiger partial charge in [-0.1, -0.05) is 30.3 Å². The lowest BCUT2D eigenvalue weighted by Crippen LogP contribution is -2.36. The van der Waals surface area contributed by atoms with Crippen LogP contribution in [0, 0.1) is 0 Å². The predicted octanol–water partition coefficient (Wildman–Crippen LogP) is 4.03. The molecular weight excluding hydrogens is 371 g/mol. The van der Waals surface area contributed by atoms with Crippen LogP contribution in [0.1, 0.15) is 36.6 Å². The van der Waals surface area contributed by atoms with Crippen LogP contribution in [-0.4, -0.2) is 34.2 Å². The maximum atomic E-state index is 12.7. The van der Waals surface area contributed by atoms with E-state index in [9.17, 15) is 18.0 Å². The van der Waals surface area contributed by atoms with Crippen LogP contribution in [0.25, 0.3) is 0 Å². The number of amides is 1. The monoisotopic (exact) mass is 391 g/mol. The molecule has 1 aromatic heterocycles. The van der Waals surface area contributed by atoms with E-state index in [1.807, 2.05) is 18.2 Å². The molecule has 0 bridgehead atoms. The zero-order valence-corrected chi connectivity index (χ0v) is 15.3. The molecule has 1 aliphatic heterocycles. The topological polar surface area (TPSA) is 54.8 Å². The normalized spacial score (nSPS) is 16.4. The van der Waals surface area contributed by atoms with Crippen molar-refractivity contribution < 1.29 is 22.8 Å². The van der Waals surface area contributed by atoms with Crippen molar-refractivity contribution in [2.75, 3.05) is 6.54 Å². The van der Waals surface area contributed by atoms with Crippen LogP contribution in [0.15, 0.2) is 53.8 Å². The van der Waals surface area contributed by atoms with Crippen LogP contribution in [0.5, 0.6) is 0 Å². The molecule has 1 unspecified atom stereocenters. The van der Waals surface area contributed by atoms with Gasteiger partial charge in [0.05, 0.1) is 17.8 Å². The number of benzene rings is 1. The highest BCUT2D eigenvalue weighted by Gasteiger charge is 2.30. The summed E-state index contributed by atoms with van der Waals surface area (Å²) in [5, 5.41) is 4.06. The number of hydrogen-bond acceptors (Lipinski definition) is 4. The Kier molecular flexibility index (Phi) is 5.96. The first kappa shape index (κ1) is 19.9. The van der Waals surface area contributed by atoms with E-state index in [0.717, 1.165) is 17.8 Å². The maximum Gasteiger partial charge on any atom is 0.416 e. The second-order valence-corrected chi connectivity index (χ2v) is 6.51. The van der Waals surface area contributed by atoms with Gasteiger partial charge < -0.3 is 9.74 Å². The molecule has 0 N–H and O–H groups in total. The molecule has 0 spiro atoms. The second-order valence-electron chi connectivity index (χ2n) is 6.51. The Hall–Kier alpha value is -2.90. The van der Waals surface area contributed by atoms with Crippen molar-refractivity contribution >= 4 is 11.6 Å². The molecule has 0 fully saturated rings. The number of oxime groups is 1. The zero-order chi connectivity index (χ0) is 20.1. The van der Waals surface area contributed by atoms with Crippen LogP contribution in [0.2, 0.25) is 0 Å². The summed E-state index contributed by atoms with van der Waals surface area (Å²) in [6, 6.07) is 10.3. The summed E-state index contributed by atoms with van der Waals surface area (Å²) in [6.07, 6.45) is -2.22. The Balaban J connectivity index is 1.64. The number of rotatable bonds is 6. The van der Waals surface area contributed by atoms with Gasteiger partial charge in [0.25, 0.3) is 0 Å². The number of nitrogens with zero attached hydrogens (tertiary/aromatic N) is 3. The van der Waals surface area contributed by atoms with Crippen molar-refractivity contribution in [1.29, 1.82) is 0 Å². The lowest BCUT2D eigenvalue weighted by Gasteiger charge is -2.24. The Labute approximate surface area is 160 Å². The Morgan fingerprint density at radius 2 is 1.96 bits per heavy atom. The molecule has 8 heteroatoms. The van der Waals surface area contributed by atoms with Gasteiger partial charge in [0.1, 0.15) is 5.71 Å². The van der Waals surface area contributed by atoms with Crippen LogP contribution >= 0.6 is 0 Å². The molecule has 2 aromatic rings. The van der Waals surface area contributed by atoms with Crippen molar-refractivity contribution in [3.8, 4) is 0 Å². The smallest absolute Gasteiger partial charge is 0.390 e. The standard InChI is InChI=1S/C20H20F3N3O2/c1-2-19(27)26(12-14-6-8-15(9-7-14)20(21,22)23)13-16-11-18(25-28-16)17-5-3-4-10-24-17/h3-10,16H,2,11-13H2,1H3. The molecule has 0 saturated carbocycles. The van der Waals surface area contributed by atoms with Crippen molar-refractivity contribution in [1.82, 2.24) is 9.88 Å². The Bertz CT molecular complexity index is 836. The van der Waals surface area contributed by atoms with Gasteiger partial charge in [-0.05, 0) is 29.8 Å². The minimum atomic E-state index is -4.38. The maximum absolute atomic E-state index is 12.7. The summed E-state index contributed by atoms with van der Waals surface area (Å²) in [5.74, 6) is -0.102. The van der Waals surface area contributed by atoms with Gasteiger partial charge in [0.15, 0.2) is 6.10 Å². The fraction of sp³-hybridized carbons (Fsp3) is 0.350. The lowest BCUT2D eigenvalue weighted by molar-refractivity contribution is -0.137. The average molecular weight is 391 g/mol. The summed E-state index contributed by atoms with van der Waals surface area (Å²) >= 11 is 0. The van der Waals surface area contributed by atoms with E-state index in [-0.39, 0.29) is 18.6 Å². The van der Waals surface area contributed by atoms with E-state index in [2.05, 4.69) is 10.1 Å². The molecule has 0 saturated heterocycles. The summed E-state index contributed by atoms with van der Waals surface area (Å²) in [5.41, 5.74) is 1.35. The first-order valence-corrected chi connectivity index (χ1v) is 8.95. The van der Waals surface area contributed by atoms with Crippen molar-refractivity contribution in [3.63, 3.8) is 0 Å². The minimum absolute atomic E-state index is 0.102. The molecule has 0 radical (unpaired) electrons. The molecule has 0 aliphatic carbocycles. The summed E-state index contributed by atoms with van der Waals surface area (Å²) in [4.78, 5) is 23.6. The second kappa shape index (κ2) is 8.41. The zero-order valence-electron chi connectivity index (χ0n) is 15.3. The van der Waals surface area contributed by atoms with Crippen molar-refractivity contribution in [3.05, 3.63) is 65.5 Å². The molecule has 2 heterocycles. The van der Waals surface area contributed by atoms with E-state index in [0.29, 0.717) is 30.7 Å². The molecule has 1 aromatic carbocycles. The van der Waals surface area contributed by atoms with E-state index in [4.69, 9.17) is 4.84 Å². The van der Waals surface area contributed by atoms with Gasteiger partial charge in [-0.3, -0.25) is 9.78 Å². The SMILES string of the molecule is CCC(=O)N(Cc1ccc(C(F)(F)F)cc1)CC1CC(c2ccccn2)=NO1. The fourth-order valence-electron chi connectivity index (χ4n) is 2.95. The molecule has 3 rings (SSSR count). The number of halogens is 3. The molecular formula is C20H20F3N3O2. The number of aromatic nitrogens is 1. The van der Waals surface area contributed by atoms with Crippen LogP contribution in [-0.2, 0) is 22.4 Å². The average Bonchev–Trinajstić information content (AvgIpc) is 3.16. The van der Waals surface area contributed by atoms with Gasteiger partial charge in [0, 0.05) is 25.6 Å². The number of carbonyl (C=O) groups is 1. The Morgan fingerprint density at radius 1 is 1.21 bits per heavy atom. The van der Waals surface area contributed by atoms with Gasteiger partial charge in [0.2, 0.25) is 5.91 Å². The van der Waals surface area contributed by atoms with Gasteiger partial charge >= 0.3 is 6.18 Å². The van der Waals surface area contributed by atoms with Gasteiger partial charge in [-0.15, -0.1) is 0 Å². The van der Waals surface area contributed by atoms with E-state index in [1.165, 1.54) is 12.1 Å². The third kappa shape index (κ3) is 4.88. The largest absolute Gasteiger partial charge is 0.416 e. The van der Waals surface area contributed by atoms with Gasteiger partial charge in [-0.2, -0.15) is 13.2 Å². The third-order valence-electron chi connectivity index (χ3n) is 4.43. The van der Waals surface area contributed by atoms with Gasteiger partial charge in [-0.25, -0.2) is 0 Å². The first-order valence-electron chi connectivity index (χ1n) is 8.95. The number of carbonyl (C=O) groups excluding carboxylic acids is 1. The quantitative estimate of drug-likeness (QED) is 0.747. The van der Waals surface area contributed by atoms with Crippen molar-refractivity contribution in [2.24, 2.45) is 5.16 Å². The van der Waals surface area contributed by atoms with E-state index < -0.39 is 11.7 Å². The van der Waals surface area contributed by atoms with E-state index >= 15 is 0 Å². The lowest BCUT2D eigenvalue weighted by atomic mass is 10.1. The summed E-state index contributed by atoms with van der Waals surface area (Å²) in [7, 11) is 0. The fourth-order valence-corrected chi connectivity index (χ4v) is 2.95. The van der Waals surface area contributed by atoms with Crippen LogP contribution < -0.4 is 0 Å². The molecule has 28 heavy (non-hydrogen) atoms. The summed E-state index contributed by atoms with van der Waals surface area (Å²) in [6.45, 7) is 2.25. The first-order chi connectivity index (χ1) is 13.4. The van der Waals surface area contributed by atoms with E-state index in [1.54, 1.807) is 18.0 Å². The highest BCUT2D eigenvalue weighted by Crippen LogP contribution is 2.29. The molecule has 1 amide bonds. The highest BCUT2D eigenvalue weighted by atomic mass is 19.4. The predicted molar refractivity (Wildman–Crippen MR) is 97.4 cm³/mol. The van der Waals surface area contributed by atoms with Crippen LogP contribution in [0.4, 0.5) is 13.2 Å². The highest BCUT2D eigenvalue weighted by molar-refractivity contribution is 5.99. The Morgan fingerprint density at radius 3 is 2.57 bits per heavy atom. The summed E-state index contributed by atoms with van der Waals surface area (Å²) < 4.78 is 38.1. The van der Waals surface area contributed by atoms with Crippen LogP contribution in [0.3, 0.4) is 0 Å². The molecule has 1 atom stereocenters. The van der Waals surface area contributed by atoms with Crippen molar-refractivity contribution in [2.45, 2.75) is 38.6 Å². The molecule has 1 aliphatic rings. The molecule has 148 valence electrons. The third-order valence-corrected chi connectivity index (χ3v) is 4.43.